The summed E-state index contributed by atoms with van der Waals surface area (Å²) in [5.41, 5.74) is -0.0511. The second-order valence-electron chi connectivity index (χ2n) is 4.75. The molecule has 0 saturated carbocycles. The Balaban J connectivity index is 4.19. The van der Waals surface area contributed by atoms with Crippen molar-refractivity contribution in [1.29, 1.82) is 0 Å². The summed E-state index contributed by atoms with van der Waals surface area (Å²) in [6.45, 7) is 13.0. The minimum Gasteiger partial charge on any atom is -0.395 e. The van der Waals surface area contributed by atoms with E-state index >= 15 is 0 Å². The molecule has 0 aromatic heterocycles. The van der Waals surface area contributed by atoms with E-state index in [2.05, 4.69) is 33.1 Å². The van der Waals surface area contributed by atoms with Crippen molar-refractivity contribution in [3.8, 4) is 0 Å². The Morgan fingerprint density at radius 3 is 2.00 bits per heavy atom. The lowest BCUT2D eigenvalue weighted by Crippen LogP contribution is -2.31. The van der Waals surface area contributed by atoms with Crippen LogP contribution in [0.4, 0.5) is 0 Å². The van der Waals surface area contributed by atoms with Crippen LogP contribution in [0, 0.1) is 5.41 Å². The predicted octanol–water partition coefficient (Wildman–Crippen LogP) is 2.51. The average Bonchev–Trinajstić information content (AvgIpc) is 1.84. The van der Waals surface area contributed by atoms with Gasteiger partial charge in [0, 0.05) is 13.5 Å². The van der Waals surface area contributed by atoms with Crippen LogP contribution in [0.15, 0.2) is 12.7 Å². The summed E-state index contributed by atoms with van der Waals surface area (Å²) in [5.74, 6) is 0. The molecule has 0 aromatic rings. The van der Waals surface area contributed by atoms with Crippen LogP contribution in [0.2, 0.25) is 25.7 Å². The van der Waals surface area contributed by atoms with Crippen LogP contribution in [0.25, 0.3) is 0 Å². The van der Waals surface area contributed by atoms with Gasteiger partial charge in [-0.25, -0.2) is 0 Å². The van der Waals surface area contributed by atoms with Gasteiger partial charge in [0.15, 0.2) is 0 Å². The van der Waals surface area contributed by atoms with Gasteiger partial charge in [-0.15, -0.1) is 6.58 Å². The molecule has 0 aliphatic rings. The van der Waals surface area contributed by atoms with Crippen LogP contribution in [-0.2, 0) is 0 Å². The molecule has 0 heterocycles. The smallest absolute Gasteiger partial charge is 0.0516 e. The van der Waals surface area contributed by atoms with E-state index in [4.69, 9.17) is 5.11 Å². The Hall–Kier alpha value is -0.0831. The van der Waals surface area contributed by atoms with Crippen molar-refractivity contribution in [3.63, 3.8) is 0 Å². The maximum absolute atomic E-state index is 9.10. The molecule has 0 amide bonds. The van der Waals surface area contributed by atoms with Gasteiger partial charge in [0.2, 0.25) is 0 Å². The first-order chi connectivity index (χ1) is 4.83. The van der Waals surface area contributed by atoms with Gasteiger partial charge >= 0.3 is 0 Å². The monoisotopic (exact) mass is 172 g/mol. The maximum atomic E-state index is 9.10. The van der Waals surface area contributed by atoms with Gasteiger partial charge in [0.05, 0.1) is 6.61 Å². The molecular formula is C9H20OSi. The summed E-state index contributed by atoms with van der Waals surface area (Å²) in [7, 11) is -1.07. The molecule has 0 radical (unpaired) electrons. The fourth-order valence-electron chi connectivity index (χ4n) is 1.40. The van der Waals surface area contributed by atoms with Gasteiger partial charge < -0.3 is 5.11 Å². The third-order valence-corrected chi connectivity index (χ3v) is 3.66. The first kappa shape index (κ1) is 10.9. The fourth-order valence-corrected chi connectivity index (χ4v) is 4.08. The van der Waals surface area contributed by atoms with Crippen molar-refractivity contribution >= 4 is 8.07 Å². The molecule has 1 nitrogen and oxygen atoms in total. The van der Waals surface area contributed by atoms with Gasteiger partial charge in [-0.1, -0.05) is 32.6 Å². The van der Waals surface area contributed by atoms with Gasteiger partial charge in [-0.05, 0) is 6.04 Å². The maximum Gasteiger partial charge on any atom is 0.0516 e. The molecule has 0 saturated heterocycles. The van der Waals surface area contributed by atoms with E-state index < -0.39 is 8.07 Å². The zero-order valence-electron chi connectivity index (χ0n) is 8.15. The van der Waals surface area contributed by atoms with E-state index in [9.17, 15) is 0 Å². The highest BCUT2D eigenvalue weighted by Gasteiger charge is 2.27. The van der Waals surface area contributed by atoms with Crippen molar-refractivity contribution < 1.29 is 5.11 Å². The number of aliphatic hydroxyl groups excluding tert-OH is 1. The first-order valence-corrected chi connectivity index (χ1v) is 7.78. The first-order valence-electron chi connectivity index (χ1n) is 4.07. The van der Waals surface area contributed by atoms with E-state index in [1.165, 1.54) is 0 Å². The van der Waals surface area contributed by atoms with Crippen LogP contribution < -0.4 is 0 Å². The number of hydrogen-bond donors (Lipinski definition) is 1. The topological polar surface area (TPSA) is 20.2 Å². The molecule has 0 aliphatic heterocycles. The molecule has 0 aliphatic carbocycles. The summed E-state index contributed by atoms with van der Waals surface area (Å²) in [6, 6.07) is 1.11. The van der Waals surface area contributed by atoms with E-state index in [0.29, 0.717) is 0 Å². The normalized spacial score (nSPS) is 17.5. The average molecular weight is 172 g/mol. The number of rotatable bonds is 4. The van der Waals surface area contributed by atoms with Crippen molar-refractivity contribution in [2.45, 2.75) is 32.6 Å². The van der Waals surface area contributed by atoms with Gasteiger partial charge in [0.1, 0.15) is 0 Å². The van der Waals surface area contributed by atoms with E-state index in [1.54, 1.807) is 0 Å². The van der Waals surface area contributed by atoms with E-state index in [-0.39, 0.29) is 12.0 Å². The third-order valence-electron chi connectivity index (χ3n) is 1.79. The van der Waals surface area contributed by atoms with Gasteiger partial charge in [-0.3, -0.25) is 0 Å². The van der Waals surface area contributed by atoms with Gasteiger partial charge in [0.25, 0.3) is 0 Å². The van der Waals surface area contributed by atoms with Crippen molar-refractivity contribution in [2.75, 3.05) is 6.61 Å². The van der Waals surface area contributed by atoms with Gasteiger partial charge in [-0.2, -0.15) is 0 Å². The molecule has 1 N–H and O–H groups in total. The summed E-state index contributed by atoms with van der Waals surface area (Å²) >= 11 is 0. The van der Waals surface area contributed by atoms with Crippen LogP contribution >= 0.6 is 0 Å². The Bertz CT molecular complexity index is 137. The Morgan fingerprint density at radius 1 is 1.45 bits per heavy atom. The van der Waals surface area contributed by atoms with Crippen molar-refractivity contribution in [1.82, 2.24) is 0 Å². The number of aliphatic hydroxyl groups is 1. The quantitative estimate of drug-likeness (QED) is 0.510. The molecule has 1 atom stereocenters. The van der Waals surface area contributed by atoms with E-state index in [0.717, 1.165) is 6.04 Å². The van der Waals surface area contributed by atoms with Crippen LogP contribution in [0.3, 0.4) is 0 Å². The highest BCUT2D eigenvalue weighted by molar-refractivity contribution is 6.76. The van der Waals surface area contributed by atoms with Crippen LogP contribution in [0.5, 0.6) is 0 Å². The Morgan fingerprint density at radius 2 is 1.91 bits per heavy atom. The highest BCUT2D eigenvalue weighted by atomic mass is 28.3. The molecule has 11 heavy (non-hydrogen) atoms. The molecule has 66 valence electrons. The lowest BCUT2D eigenvalue weighted by Gasteiger charge is -2.29. The zero-order valence-corrected chi connectivity index (χ0v) is 9.15. The lowest BCUT2D eigenvalue weighted by molar-refractivity contribution is 0.198. The van der Waals surface area contributed by atoms with Crippen molar-refractivity contribution in [2.24, 2.45) is 5.41 Å². The standard InChI is InChI=1S/C9H20OSi/c1-6-9(2,7-10)8-11(3,4)5/h6,10H,1,7-8H2,2-5H3. The molecule has 1 unspecified atom stereocenters. The SMILES string of the molecule is C=CC(C)(CO)C[Si](C)(C)C. The molecule has 0 rings (SSSR count). The Kier molecular flexibility index (Phi) is 3.52. The van der Waals surface area contributed by atoms with Crippen LogP contribution in [-0.4, -0.2) is 19.8 Å². The zero-order chi connectivity index (χ0) is 9.12. The van der Waals surface area contributed by atoms with Crippen molar-refractivity contribution in [3.05, 3.63) is 12.7 Å². The molecule has 0 bridgehead atoms. The summed E-state index contributed by atoms with van der Waals surface area (Å²) in [4.78, 5) is 0. The highest BCUT2D eigenvalue weighted by Crippen LogP contribution is 2.29. The lowest BCUT2D eigenvalue weighted by atomic mass is 9.95. The predicted molar refractivity (Wildman–Crippen MR) is 53.5 cm³/mol. The Labute approximate surface area is 71.1 Å². The summed E-state index contributed by atoms with van der Waals surface area (Å²) < 4.78 is 0. The summed E-state index contributed by atoms with van der Waals surface area (Å²) in [6.07, 6.45) is 1.88. The molecule has 0 spiro atoms. The molecule has 0 aromatic carbocycles. The molecular weight excluding hydrogens is 152 g/mol. The minimum atomic E-state index is -1.07. The fraction of sp³-hybridized carbons (Fsp3) is 0.778. The third kappa shape index (κ3) is 4.38. The molecule has 0 fully saturated rings. The summed E-state index contributed by atoms with van der Waals surface area (Å²) in [5, 5.41) is 9.10. The second kappa shape index (κ2) is 3.54. The van der Waals surface area contributed by atoms with E-state index in [1.807, 2.05) is 6.08 Å². The largest absolute Gasteiger partial charge is 0.395 e. The number of hydrogen-bond acceptors (Lipinski definition) is 1. The minimum absolute atomic E-state index is 0.0511. The van der Waals surface area contributed by atoms with Crippen LogP contribution in [0.1, 0.15) is 6.92 Å². The molecule has 2 heteroatoms. The second-order valence-corrected chi connectivity index (χ2v) is 10.2.